The summed E-state index contributed by atoms with van der Waals surface area (Å²) in [5.74, 6) is -0.520. The maximum Gasteiger partial charge on any atom is 0.253 e. The van der Waals surface area contributed by atoms with E-state index < -0.39 is 0 Å². The zero-order chi connectivity index (χ0) is 19.4. The Kier molecular flexibility index (Phi) is 5.89. The molecule has 27 heavy (non-hydrogen) atoms. The van der Waals surface area contributed by atoms with E-state index in [0.29, 0.717) is 24.6 Å². The molecule has 1 saturated heterocycles. The molecule has 1 fully saturated rings. The second kappa shape index (κ2) is 8.33. The van der Waals surface area contributed by atoms with Crippen molar-refractivity contribution < 1.29 is 14.0 Å². The molecule has 1 N–H and O–H groups in total. The van der Waals surface area contributed by atoms with E-state index in [1.54, 1.807) is 4.90 Å². The van der Waals surface area contributed by atoms with Crippen molar-refractivity contribution in [1.82, 2.24) is 4.90 Å². The highest BCUT2D eigenvalue weighted by atomic mass is 19.1. The van der Waals surface area contributed by atoms with Crippen LogP contribution in [0.1, 0.15) is 48.5 Å². The van der Waals surface area contributed by atoms with E-state index in [2.05, 4.69) is 19.2 Å². The summed E-state index contributed by atoms with van der Waals surface area (Å²) in [5, 5.41) is 3.04. The fourth-order valence-electron chi connectivity index (χ4n) is 3.50. The summed E-state index contributed by atoms with van der Waals surface area (Å²) in [5.41, 5.74) is 2.38. The molecule has 0 saturated carbocycles. The minimum absolute atomic E-state index is 0.0558. The van der Waals surface area contributed by atoms with Gasteiger partial charge in [0.15, 0.2) is 0 Å². The van der Waals surface area contributed by atoms with Gasteiger partial charge in [0.25, 0.3) is 5.91 Å². The smallest absolute Gasteiger partial charge is 0.253 e. The van der Waals surface area contributed by atoms with Crippen LogP contribution in [0.2, 0.25) is 0 Å². The lowest BCUT2D eigenvalue weighted by atomic mass is 9.95. The molecule has 0 radical (unpaired) electrons. The number of nitrogens with one attached hydrogen (secondary N) is 1. The summed E-state index contributed by atoms with van der Waals surface area (Å²) >= 11 is 0. The summed E-state index contributed by atoms with van der Waals surface area (Å²) in [6, 6.07) is 13.3. The van der Waals surface area contributed by atoms with Crippen LogP contribution in [0.5, 0.6) is 0 Å². The number of amides is 2. The summed E-state index contributed by atoms with van der Waals surface area (Å²) in [6.45, 7) is 5.18. The average molecular weight is 368 g/mol. The third-order valence-electron chi connectivity index (χ3n) is 5.01. The van der Waals surface area contributed by atoms with Crippen LogP contribution < -0.4 is 5.32 Å². The molecule has 1 aliphatic heterocycles. The molecule has 1 atom stereocenters. The standard InChI is InChI=1S/C22H25FN2O2/c1-15(2)19-7-3-4-8-20(19)24-21(26)17-6-5-13-25(14-17)22(27)16-9-11-18(23)12-10-16/h3-4,7-12,15,17H,5-6,13-14H2,1-2H3,(H,24,26)/t17-/m1/s1. The number of hydrogen-bond donors (Lipinski definition) is 1. The maximum absolute atomic E-state index is 13.1. The van der Waals surface area contributed by atoms with Gasteiger partial charge >= 0.3 is 0 Å². The van der Waals surface area contributed by atoms with Gasteiger partial charge in [0.05, 0.1) is 5.92 Å². The summed E-state index contributed by atoms with van der Waals surface area (Å²) < 4.78 is 13.1. The topological polar surface area (TPSA) is 49.4 Å². The first-order chi connectivity index (χ1) is 13.0. The monoisotopic (exact) mass is 368 g/mol. The van der Waals surface area contributed by atoms with Crippen LogP contribution in [0, 0.1) is 11.7 Å². The molecule has 142 valence electrons. The van der Waals surface area contributed by atoms with Crippen LogP contribution in [0.15, 0.2) is 48.5 Å². The molecule has 2 aromatic carbocycles. The van der Waals surface area contributed by atoms with E-state index in [4.69, 9.17) is 0 Å². The lowest BCUT2D eigenvalue weighted by molar-refractivity contribution is -0.121. The van der Waals surface area contributed by atoms with E-state index in [0.717, 1.165) is 24.1 Å². The number of likely N-dealkylation sites (tertiary alicyclic amines) is 1. The zero-order valence-electron chi connectivity index (χ0n) is 15.7. The molecule has 5 heteroatoms. The van der Waals surface area contributed by atoms with Gasteiger partial charge in [-0.15, -0.1) is 0 Å². The van der Waals surface area contributed by atoms with Crippen LogP contribution in [0.3, 0.4) is 0 Å². The minimum Gasteiger partial charge on any atom is -0.338 e. The second-order valence-corrected chi connectivity index (χ2v) is 7.33. The van der Waals surface area contributed by atoms with Gasteiger partial charge in [-0.05, 0) is 54.7 Å². The van der Waals surface area contributed by atoms with Gasteiger partial charge in [0, 0.05) is 24.3 Å². The maximum atomic E-state index is 13.1. The van der Waals surface area contributed by atoms with Gasteiger partial charge in [-0.25, -0.2) is 4.39 Å². The third-order valence-corrected chi connectivity index (χ3v) is 5.01. The van der Waals surface area contributed by atoms with E-state index in [9.17, 15) is 14.0 Å². The number of hydrogen-bond acceptors (Lipinski definition) is 2. The van der Waals surface area contributed by atoms with E-state index in [1.807, 2.05) is 24.3 Å². The fourth-order valence-corrected chi connectivity index (χ4v) is 3.50. The molecule has 0 spiro atoms. The summed E-state index contributed by atoms with van der Waals surface area (Å²) in [6.07, 6.45) is 1.53. The van der Waals surface area contributed by atoms with E-state index >= 15 is 0 Å². The Hall–Kier alpha value is -2.69. The number of para-hydroxylation sites is 1. The third kappa shape index (κ3) is 4.54. The molecular weight excluding hydrogens is 343 g/mol. The number of carbonyl (C=O) groups excluding carboxylic acids is 2. The van der Waals surface area contributed by atoms with Gasteiger partial charge < -0.3 is 10.2 Å². The lowest BCUT2D eigenvalue weighted by Crippen LogP contribution is -2.43. The number of halogens is 1. The van der Waals surface area contributed by atoms with Crippen LogP contribution >= 0.6 is 0 Å². The largest absolute Gasteiger partial charge is 0.338 e. The number of rotatable bonds is 4. The predicted molar refractivity (Wildman–Crippen MR) is 104 cm³/mol. The van der Waals surface area contributed by atoms with Crippen molar-refractivity contribution in [3.63, 3.8) is 0 Å². The molecule has 2 amide bonds. The average Bonchev–Trinajstić information content (AvgIpc) is 2.68. The van der Waals surface area contributed by atoms with Crippen molar-refractivity contribution in [2.45, 2.75) is 32.6 Å². The Bertz CT molecular complexity index is 817. The van der Waals surface area contributed by atoms with Crippen LogP contribution in [-0.4, -0.2) is 29.8 Å². The zero-order valence-corrected chi connectivity index (χ0v) is 15.7. The first kappa shape index (κ1) is 19.1. The lowest BCUT2D eigenvalue weighted by Gasteiger charge is -2.32. The SMILES string of the molecule is CC(C)c1ccccc1NC(=O)[C@@H]1CCCN(C(=O)c2ccc(F)cc2)C1. The molecular formula is C22H25FN2O2. The number of piperidine rings is 1. The van der Waals surface area contributed by atoms with Gasteiger partial charge in [-0.1, -0.05) is 32.0 Å². The minimum atomic E-state index is -0.369. The Balaban J connectivity index is 1.68. The van der Waals surface area contributed by atoms with Crippen molar-refractivity contribution in [1.29, 1.82) is 0 Å². The van der Waals surface area contributed by atoms with E-state index in [1.165, 1.54) is 24.3 Å². The van der Waals surface area contributed by atoms with Crippen LogP contribution in [0.25, 0.3) is 0 Å². The molecule has 0 aromatic heterocycles. The number of nitrogens with zero attached hydrogens (tertiary/aromatic N) is 1. The van der Waals surface area contributed by atoms with Gasteiger partial charge in [0.2, 0.25) is 5.91 Å². The van der Waals surface area contributed by atoms with E-state index in [-0.39, 0.29) is 23.5 Å². The van der Waals surface area contributed by atoms with Gasteiger partial charge in [-0.3, -0.25) is 9.59 Å². The highest BCUT2D eigenvalue weighted by Gasteiger charge is 2.29. The number of benzene rings is 2. The molecule has 1 heterocycles. The molecule has 0 aliphatic carbocycles. The quantitative estimate of drug-likeness (QED) is 0.867. The van der Waals surface area contributed by atoms with Crippen LogP contribution in [-0.2, 0) is 4.79 Å². The predicted octanol–water partition coefficient (Wildman–Crippen LogP) is 4.44. The number of anilines is 1. The summed E-state index contributed by atoms with van der Waals surface area (Å²) in [7, 11) is 0. The first-order valence-corrected chi connectivity index (χ1v) is 9.40. The van der Waals surface area contributed by atoms with Gasteiger partial charge in [-0.2, -0.15) is 0 Å². The highest BCUT2D eigenvalue weighted by Crippen LogP contribution is 2.26. The molecule has 0 unspecified atom stereocenters. The Labute approximate surface area is 159 Å². The first-order valence-electron chi connectivity index (χ1n) is 9.40. The van der Waals surface area contributed by atoms with Crippen LogP contribution in [0.4, 0.5) is 10.1 Å². The number of carbonyl (C=O) groups is 2. The molecule has 3 rings (SSSR count). The molecule has 0 bridgehead atoms. The second-order valence-electron chi connectivity index (χ2n) is 7.33. The summed E-state index contributed by atoms with van der Waals surface area (Å²) in [4.78, 5) is 27.1. The van der Waals surface area contributed by atoms with Crippen molar-refractivity contribution in [2.75, 3.05) is 18.4 Å². The van der Waals surface area contributed by atoms with Crippen molar-refractivity contribution >= 4 is 17.5 Å². The van der Waals surface area contributed by atoms with Gasteiger partial charge in [0.1, 0.15) is 5.82 Å². The Morgan fingerprint density at radius 3 is 2.52 bits per heavy atom. The molecule has 1 aliphatic rings. The fraction of sp³-hybridized carbons (Fsp3) is 0.364. The van der Waals surface area contributed by atoms with Crippen molar-refractivity contribution in [3.8, 4) is 0 Å². The normalized spacial score (nSPS) is 17.0. The highest BCUT2D eigenvalue weighted by molar-refractivity contribution is 5.96. The molecule has 2 aromatic rings. The Morgan fingerprint density at radius 1 is 1.11 bits per heavy atom. The van der Waals surface area contributed by atoms with Crippen molar-refractivity contribution in [2.24, 2.45) is 5.92 Å². The van der Waals surface area contributed by atoms with Crippen molar-refractivity contribution in [3.05, 3.63) is 65.5 Å². The Morgan fingerprint density at radius 2 is 1.81 bits per heavy atom. The molecule has 4 nitrogen and oxygen atoms in total.